The van der Waals surface area contributed by atoms with Crippen LogP contribution in [0.4, 0.5) is 0 Å². The Morgan fingerprint density at radius 3 is 2.55 bits per heavy atom. The highest BCUT2D eigenvalue weighted by Crippen LogP contribution is 2.26. The molecule has 0 amide bonds. The smallest absolute Gasteiger partial charge is 0.194 e. The molecule has 0 bridgehead atoms. The zero-order valence-corrected chi connectivity index (χ0v) is 12.8. The first kappa shape index (κ1) is 14.5. The fraction of sp³-hybridized carbons (Fsp3) is 0.294. The van der Waals surface area contributed by atoms with Crippen LogP contribution in [-0.4, -0.2) is 5.78 Å². The Balaban J connectivity index is 2.34. The molecule has 2 nitrogen and oxygen atoms in total. The van der Waals surface area contributed by atoms with Crippen molar-refractivity contribution in [3.63, 3.8) is 0 Å². The van der Waals surface area contributed by atoms with Crippen molar-refractivity contribution in [1.82, 2.24) is 0 Å². The lowest BCUT2D eigenvalue weighted by Crippen LogP contribution is -2.10. The van der Waals surface area contributed by atoms with Crippen LogP contribution >= 0.6 is 11.3 Å². The number of rotatable bonds is 4. The van der Waals surface area contributed by atoms with Crippen LogP contribution in [-0.2, 0) is 6.42 Å². The fourth-order valence-corrected chi connectivity index (χ4v) is 2.99. The molecule has 20 heavy (non-hydrogen) atoms. The maximum absolute atomic E-state index is 12.5. The number of ketones is 1. The lowest BCUT2D eigenvalue weighted by molar-refractivity contribution is 0.0983. The third-order valence-corrected chi connectivity index (χ3v) is 4.75. The number of benzene rings is 1. The van der Waals surface area contributed by atoms with Gasteiger partial charge in [-0.05, 0) is 49.1 Å². The van der Waals surface area contributed by atoms with E-state index in [9.17, 15) is 10.1 Å². The number of aryl methyl sites for hydroxylation is 3. The van der Waals surface area contributed by atoms with E-state index in [-0.39, 0.29) is 5.78 Å². The standard InChI is InChI=1S/C17H17NOS/c1-4-14-7-8-16(20-14)17(19)15(10-18)13-6-5-11(2)12(3)9-13/h5-9,15H,4H2,1-3H3. The lowest BCUT2D eigenvalue weighted by Gasteiger charge is -2.09. The monoisotopic (exact) mass is 283 g/mol. The Morgan fingerprint density at radius 2 is 2.00 bits per heavy atom. The van der Waals surface area contributed by atoms with Gasteiger partial charge in [-0.3, -0.25) is 4.79 Å². The van der Waals surface area contributed by atoms with Gasteiger partial charge in [0.15, 0.2) is 5.78 Å². The van der Waals surface area contributed by atoms with E-state index in [4.69, 9.17) is 0 Å². The Labute approximate surface area is 123 Å². The molecule has 2 rings (SSSR count). The van der Waals surface area contributed by atoms with Crippen LogP contribution in [0.3, 0.4) is 0 Å². The molecule has 0 aliphatic rings. The quantitative estimate of drug-likeness (QED) is 0.779. The summed E-state index contributed by atoms with van der Waals surface area (Å²) in [4.78, 5) is 14.3. The van der Waals surface area contributed by atoms with Crippen LogP contribution in [0, 0.1) is 25.2 Å². The Hall–Kier alpha value is -1.92. The first-order chi connectivity index (χ1) is 9.56. The molecule has 0 radical (unpaired) electrons. The van der Waals surface area contributed by atoms with Gasteiger partial charge < -0.3 is 0 Å². The highest BCUT2D eigenvalue weighted by Gasteiger charge is 2.23. The topological polar surface area (TPSA) is 40.9 Å². The number of thiophene rings is 1. The summed E-state index contributed by atoms with van der Waals surface area (Å²) in [6, 6.07) is 11.7. The van der Waals surface area contributed by atoms with Crippen LogP contribution < -0.4 is 0 Å². The van der Waals surface area contributed by atoms with Crippen molar-refractivity contribution < 1.29 is 4.79 Å². The molecule has 0 saturated heterocycles. The number of carbonyl (C=O) groups excluding carboxylic acids is 1. The largest absolute Gasteiger partial charge is 0.291 e. The van der Waals surface area contributed by atoms with Crippen LogP contribution in [0.15, 0.2) is 30.3 Å². The summed E-state index contributed by atoms with van der Waals surface area (Å²) in [5, 5.41) is 9.37. The molecule has 0 aliphatic heterocycles. The van der Waals surface area contributed by atoms with E-state index in [0.29, 0.717) is 4.88 Å². The molecule has 1 heterocycles. The molecule has 0 N–H and O–H groups in total. The van der Waals surface area contributed by atoms with Crippen LogP contribution in [0.1, 0.15) is 44.1 Å². The molecule has 0 spiro atoms. The van der Waals surface area contributed by atoms with Gasteiger partial charge in [-0.25, -0.2) is 0 Å². The molecular formula is C17H17NOS. The first-order valence-corrected chi connectivity index (χ1v) is 7.48. The minimum absolute atomic E-state index is 0.0968. The summed E-state index contributed by atoms with van der Waals surface area (Å²) in [5.74, 6) is -0.807. The molecule has 102 valence electrons. The Bertz CT molecular complexity index is 679. The van der Waals surface area contributed by atoms with Crippen LogP contribution in [0.25, 0.3) is 0 Å². The van der Waals surface area contributed by atoms with Gasteiger partial charge in [0.1, 0.15) is 5.92 Å². The van der Waals surface area contributed by atoms with Crippen LogP contribution in [0.2, 0.25) is 0 Å². The molecular weight excluding hydrogens is 266 g/mol. The second-order valence-corrected chi connectivity index (χ2v) is 6.06. The van der Waals surface area contributed by atoms with Gasteiger partial charge in [0.25, 0.3) is 0 Å². The molecule has 2 aromatic rings. The summed E-state index contributed by atoms with van der Waals surface area (Å²) in [5.41, 5.74) is 3.06. The second kappa shape index (κ2) is 6.02. The van der Waals surface area contributed by atoms with Gasteiger partial charge in [0.2, 0.25) is 0 Å². The third-order valence-electron chi connectivity index (χ3n) is 3.51. The first-order valence-electron chi connectivity index (χ1n) is 6.66. The molecule has 0 fully saturated rings. The minimum Gasteiger partial charge on any atom is -0.291 e. The Morgan fingerprint density at radius 1 is 1.25 bits per heavy atom. The molecule has 0 aliphatic carbocycles. The average molecular weight is 283 g/mol. The number of hydrogen-bond donors (Lipinski definition) is 0. The number of Topliss-reactive ketones (excluding diaryl/α,β-unsaturated/α-hetero) is 1. The minimum atomic E-state index is -0.711. The van der Waals surface area contributed by atoms with Crippen molar-refractivity contribution in [2.45, 2.75) is 33.1 Å². The van der Waals surface area contributed by atoms with Gasteiger partial charge in [-0.1, -0.05) is 25.1 Å². The van der Waals surface area contributed by atoms with E-state index in [1.165, 1.54) is 21.8 Å². The molecule has 1 aromatic carbocycles. The van der Waals surface area contributed by atoms with E-state index in [0.717, 1.165) is 17.5 Å². The van der Waals surface area contributed by atoms with E-state index >= 15 is 0 Å². The van der Waals surface area contributed by atoms with Crippen LogP contribution in [0.5, 0.6) is 0 Å². The number of nitriles is 1. The average Bonchev–Trinajstić information content (AvgIpc) is 2.92. The zero-order chi connectivity index (χ0) is 14.7. The summed E-state index contributed by atoms with van der Waals surface area (Å²) in [6.45, 7) is 6.08. The second-order valence-electron chi connectivity index (χ2n) is 4.89. The zero-order valence-electron chi connectivity index (χ0n) is 11.9. The maximum Gasteiger partial charge on any atom is 0.194 e. The molecule has 3 heteroatoms. The predicted molar refractivity (Wildman–Crippen MR) is 82.3 cm³/mol. The SMILES string of the molecule is CCc1ccc(C(=O)C(C#N)c2ccc(C)c(C)c2)s1. The van der Waals surface area contributed by atoms with Gasteiger partial charge in [-0.15, -0.1) is 11.3 Å². The van der Waals surface area contributed by atoms with Gasteiger partial charge >= 0.3 is 0 Å². The summed E-state index contributed by atoms with van der Waals surface area (Å²) in [6.07, 6.45) is 0.915. The molecule has 1 atom stereocenters. The highest BCUT2D eigenvalue weighted by atomic mass is 32.1. The molecule has 1 aromatic heterocycles. The lowest BCUT2D eigenvalue weighted by atomic mass is 9.92. The normalized spacial score (nSPS) is 11.9. The van der Waals surface area contributed by atoms with Crippen molar-refractivity contribution >= 4 is 17.1 Å². The predicted octanol–water partition coefficient (Wildman–Crippen LogP) is 4.42. The van der Waals surface area contributed by atoms with E-state index < -0.39 is 5.92 Å². The van der Waals surface area contributed by atoms with Gasteiger partial charge in [-0.2, -0.15) is 5.26 Å². The molecule has 0 saturated carbocycles. The van der Waals surface area contributed by atoms with Crippen molar-refractivity contribution in [1.29, 1.82) is 5.26 Å². The maximum atomic E-state index is 12.5. The van der Waals surface area contributed by atoms with E-state index in [1.54, 1.807) is 0 Å². The Kier molecular flexibility index (Phi) is 4.36. The van der Waals surface area contributed by atoms with E-state index in [1.807, 2.05) is 44.2 Å². The molecule has 1 unspecified atom stereocenters. The van der Waals surface area contributed by atoms with E-state index in [2.05, 4.69) is 13.0 Å². The number of carbonyl (C=O) groups is 1. The fourth-order valence-electron chi connectivity index (χ4n) is 2.07. The third kappa shape index (κ3) is 2.81. The summed E-state index contributed by atoms with van der Waals surface area (Å²) >= 11 is 1.49. The number of hydrogen-bond acceptors (Lipinski definition) is 3. The van der Waals surface area contributed by atoms with Crippen molar-refractivity contribution in [2.75, 3.05) is 0 Å². The van der Waals surface area contributed by atoms with Gasteiger partial charge in [0.05, 0.1) is 10.9 Å². The number of nitrogens with zero attached hydrogens (tertiary/aromatic N) is 1. The van der Waals surface area contributed by atoms with Crippen molar-refractivity contribution in [3.8, 4) is 6.07 Å². The highest BCUT2D eigenvalue weighted by molar-refractivity contribution is 7.14. The summed E-state index contributed by atoms with van der Waals surface area (Å²) < 4.78 is 0. The summed E-state index contributed by atoms with van der Waals surface area (Å²) in [7, 11) is 0. The van der Waals surface area contributed by atoms with Gasteiger partial charge in [0, 0.05) is 4.88 Å². The van der Waals surface area contributed by atoms with Crippen molar-refractivity contribution in [3.05, 3.63) is 56.8 Å². The van der Waals surface area contributed by atoms with Crippen molar-refractivity contribution in [2.24, 2.45) is 0 Å².